The molecule has 1 saturated carbocycles. The highest BCUT2D eigenvalue weighted by Crippen LogP contribution is 2.59. The van der Waals surface area contributed by atoms with E-state index in [1.54, 1.807) is 13.1 Å². The van der Waals surface area contributed by atoms with Crippen molar-refractivity contribution < 1.29 is 18.7 Å². The number of anilines is 1. The Bertz CT molecular complexity index is 809. The van der Waals surface area contributed by atoms with E-state index in [1.807, 2.05) is 4.90 Å². The van der Waals surface area contributed by atoms with Crippen molar-refractivity contribution in [1.82, 2.24) is 25.0 Å². The number of alkyl halides is 2. The molecule has 1 aliphatic heterocycles. The van der Waals surface area contributed by atoms with Gasteiger partial charge in [0.25, 0.3) is 5.92 Å². The maximum atomic E-state index is 13.3. The molecular formula is C14H14F2N6O2. The number of carboxylic acids is 1. The summed E-state index contributed by atoms with van der Waals surface area (Å²) in [5.74, 6) is -4.21. The molecule has 126 valence electrons. The van der Waals surface area contributed by atoms with E-state index in [4.69, 9.17) is 5.11 Å². The van der Waals surface area contributed by atoms with Crippen LogP contribution in [0.25, 0.3) is 0 Å². The van der Waals surface area contributed by atoms with Gasteiger partial charge in [-0.1, -0.05) is 5.21 Å². The third kappa shape index (κ3) is 2.29. The Labute approximate surface area is 135 Å². The Balaban J connectivity index is 1.47. The average molecular weight is 336 g/mol. The molecule has 10 heteroatoms. The van der Waals surface area contributed by atoms with Gasteiger partial charge in [0.15, 0.2) is 5.69 Å². The SMILES string of the molecule is Cc1nc(N2CC3C(C2)C3(F)F)cnc1Cn1cc(C(=O)O)nn1. The highest BCUT2D eigenvalue weighted by molar-refractivity contribution is 5.84. The number of aromatic nitrogens is 5. The number of rotatable bonds is 4. The number of fused-ring (bicyclic) bond motifs is 1. The van der Waals surface area contributed by atoms with Crippen molar-refractivity contribution >= 4 is 11.8 Å². The van der Waals surface area contributed by atoms with Crippen LogP contribution in [-0.2, 0) is 6.54 Å². The lowest BCUT2D eigenvalue weighted by molar-refractivity contribution is 0.0689. The Morgan fingerprint density at radius 3 is 2.71 bits per heavy atom. The molecule has 2 aromatic rings. The first kappa shape index (κ1) is 14.9. The summed E-state index contributed by atoms with van der Waals surface area (Å²) in [5.41, 5.74) is 1.12. The molecule has 1 saturated heterocycles. The number of hydrogen-bond donors (Lipinski definition) is 1. The highest BCUT2D eigenvalue weighted by Gasteiger charge is 2.71. The van der Waals surface area contributed by atoms with Crippen molar-refractivity contribution in [1.29, 1.82) is 0 Å². The highest BCUT2D eigenvalue weighted by atomic mass is 19.3. The summed E-state index contributed by atoms with van der Waals surface area (Å²) in [6, 6.07) is 0. The third-order valence-electron chi connectivity index (χ3n) is 4.63. The van der Waals surface area contributed by atoms with Gasteiger partial charge in [-0.2, -0.15) is 0 Å². The van der Waals surface area contributed by atoms with Crippen molar-refractivity contribution in [2.45, 2.75) is 19.4 Å². The number of carbonyl (C=O) groups is 1. The number of nitrogens with zero attached hydrogens (tertiary/aromatic N) is 6. The molecule has 2 fully saturated rings. The summed E-state index contributed by atoms with van der Waals surface area (Å²) in [7, 11) is 0. The topological polar surface area (TPSA) is 97.0 Å². The number of aromatic carboxylic acids is 1. The van der Waals surface area contributed by atoms with E-state index in [-0.39, 0.29) is 12.2 Å². The number of carboxylic acid groups (broad SMARTS) is 1. The Morgan fingerprint density at radius 1 is 1.42 bits per heavy atom. The van der Waals surface area contributed by atoms with Gasteiger partial charge in [-0.15, -0.1) is 5.10 Å². The predicted molar refractivity (Wildman–Crippen MR) is 77.0 cm³/mol. The average Bonchev–Trinajstić information content (AvgIpc) is 3.00. The largest absolute Gasteiger partial charge is 0.476 e. The van der Waals surface area contributed by atoms with Crippen LogP contribution in [-0.4, -0.2) is 55.0 Å². The number of halogens is 2. The zero-order valence-corrected chi connectivity index (χ0v) is 12.7. The summed E-state index contributed by atoms with van der Waals surface area (Å²) >= 11 is 0. The predicted octanol–water partition coefficient (Wildman–Crippen LogP) is 0.824. The van der Waals surface area contributed by atoms with Crippen molar-refractivity contribution in [3.63, 3.8) is 0 Å². The van der Waals surface area contributed by atoms with Gasteiger partial charge in [-0.05, 0) is 6.92 Å². The molecule has 1 N–H and O–H groups in total. The maximum absolute atomic E-state index is 13.3. The Hall–Kier alpha value is -2.65. The van der Waals surface area contributed by atoms with E-state index in [1.165, 1.54) is 10.9 Å². The van der Waals surface area contributed by atoms with Gasteiger partial charge in [0.1, 0.15) is 5.82 Å². The van der Waals surface area contributed by atoms with E-state index in [9.17, 15) is 13.6 Å². The lowest BCUT2D eigenvalue weighted by Gasteiger charge is -2.21. The third-order valence-corrected chi connectivity index (χ3v) is 4.63. The minimum atomic E-state index is -2.52. The molecule has 3 heterocycles. The Kier molecular flexibility index (Phi) is 3.06. The van der Waals surface area contributed by atoms with Crippen LogP contribution >= 0.6 is 0 Å². The second-order valence-corrected chi connectivity index (χ2v) is 6.16. The monoisotopic (exact) mass is 336 g/mol. The molecule has 24 heavy (non-hydrogen) atoms. The fourth-order valence-corrected chi connectivity index (χ4v) is 3.12. The lowest BCUT2D eigenvalue weighted by Crippen LogP contribution is -2.28. The minimum absolute atomic E-state index is 0.144. The summed E-state index contributed by atoms with van der Waals surface area (Å²) in [4.78, 5) is 21.4. The van der Waals surface area contributed by atoms with Crippen LogP contribution < -0.4 is 4.90 Å². The van der Waals surface area contributed by atoms with Crippen LogP contribution in [0.1, 0.15) is 21.9 Å². The van der Waals surface area contributed by atoms with Gasteiger partial charge in [-0.3, -0.25) is 4.98 Å². The number of piperidine rings is 1. The molecule has 0 bridgehead atoms. The summed E-state index contributed by atoms with van der Waals surface area (Å²) < 4.78 is 27.9. The van der Waals surface area contributed by atoms with Gasteiger partial charge in [0.05, 0.1) is 42.2 Å². The van der Waals surface area contributed by atoms with Crippen LogP contribution in [0.2, 0.25) is 0 Å². The quantitative estimate of drug-likeness (QED) is 0.883. The van der Waals surface area contributed by atoms with Crippen molar-refractivity contribution in [2.24, 2.45) is 11.8 Å². The first-order valence-corrected chi connectivity index (χ1v) is 7.45. The van der Waals surface area contributed by atoms with Gasteiger partial charge in [0.2, 0.25) is 0 Å². The zero-order valence-electron chi connectivity index (χ0n) is 12.7. The first-order valence-electron chi connectivity index (χ1n) is 7.45. The molecule has 2 unspecified atom stereocenters. The fourth-order valence-electron chi connectivity index (χ4n) is 3.12. The standard InChI is InChI=1S/C14H14F2N6O2/c1-7-10(5-22-6-11(13(23)24)19-20-22)17-2-12(18-7)21-3-8-9(4-21)14(8,15)16/h2,6,8-9H,3-5H2,1H3,(H,23,24). The van der Waals surface area contributed by atoms with Crippen molar-refractivity contribution in [2.75, 3.05) is 18.0 Å². The van der Waals surface area contributed by atoms with E-state index < -0.39 is 23.7 Å². The molecule has 0 radical (unpaired) electrons. The van der Waals surface area contributed by atoms with E-state index >= 15 is 0 Å². The van der Waals surface area contributed by atoms with Gasteiger partial charge in [0, 0.05) is 13.1 Å². The van der Waals surface area contributed by atoms with Gasteiger partial charge in [-0.25, -0.2) is 23.2 Å². The number of aryl methyl sites for hydroxylation is 1. The normalized spacial score (nSPS) is 24.0. The van der Waals surface area contributed by atoms with Crippen LogP contribution in [0.5, 0.6) is 0 Å². The van der Waals surface area contributed by atoms with E-state index in [0.29, 0.717) is 30.3 Å². The van der Waals surface area contributed by atoms with Crippen LogP contribution in [0.3, 0.4) is 0 Å². The van der Waals surface area contributed by atoms with Crippen LogP contribution in [0.15, 0.2) is 12.4 Å². The molecule has 4 rings (SSSR count). The molecule has 2 aliphatic rings. The second-order valence-electron chi connectivity index (χ2n) is 6.16. The summed E-state index contributed by atoms with van der Waals surface area (Å²) in [5, 5.41) is 16.1. The fraction of sp³-hybridized carbons (Fsp3) is 0.500. The molecule has 1 aliphatic carbocycles. The van der Waals surface area contributed by atoms with Crippen molar-refractivity contribution in [3.8, 4) is 0 Å². The van der Waals surface area contributed by atoms with Crippen molar-refractivity contribution in [3.05, 3.63) is 29.5 Å². The molecule has 2 aromatic heterocycles. The zero-order chi connectivity index (χ0) is 17.1. The van der Waals surface area contributed by atoms with Gasteiger partial charge >= 0.3 is 5.97 Å². The first-order chi connectivity index (χ1) is 11.4. The second kappa shape index (κ2) is 4.92. The van der Waals surface area contributed by atoms with E-state index in [2.05, 4.69) is 20.3 Å². The van der Waals surface area contributed by atoms with Crippen LogP contribution in [0.4, 0.5) is 14.6 Å². The Morgan fingerprint density at radius 2 is 2.12 bits per heavy atom. The lowest BCUT2D eigenvalue weighted by atomic mass is 10.3. The smallest absolute Gasteiger partial charge is 0.358 e. The van der Waals surface area contributed by atoms with Crippen LogP contribution in [0, 0.1) is 18.8 Å². The molecule has 8 nitrogen and oxygen atoms in total. The molecule has 2 atom stereocenters. The summed E-state index contributed by atoms with van der Waals surface area (Å²) in [6.07, 6.45) is 2.87. The molecular weight excluding hydrogens is 322 g/mol. The maximum Gasteiger partial charge on any atom is 0.358 e. The molecule has 0 aromatic carbocycles. The van der Waals surface area contributed by atoms with E-state index in [0.717, 1.165) is 0 Å². The molecule has 0 amide bonds. The number of hydrogen-bond acceptors (Lipinski definition) is 6. The summed E-state index contributed by atoms with van der Waals surface area (Å²) in [6.45, 7) is 2.61. The minimum Gasteiger partial charge on any atom is -0.476 e. The molecule has 0 spiro atoms. The van der Waals surface area contributed by atoms with Gasteiger partial charge < -0.3 is 10.0 Å².